The maximum atomic E-state index is 7.91. The van der Waals surface area contributed by atoms with Crippen LogP contribution < -0.4 is 5.73 Å². The molecule has 0 aromatic heterocycles. The molecule has 0 spiro atoms. The van der Waals surface area contributed by atoms with E-state index >= 15 is 0 Å². The highest BCUT2D eigenvalue weighted by Gasteiger charge is 1.76. The van der Waals surface area contributed by atoms with Crippen LogP contribution in [0.3, 0.4) is 0 Å². The van der Waals surface area contributed by atoms with E-state index in [1.165, 1.54) is 0 Å². The van der Waals surface area contributed by atoms with Crippen LogP contribution >= 0.6 is 0 Å². The minimum absolute atomic E-state index is 1.10. The van der Waals surface area contributed by atoms with Gasteiger partial charge in [-0.05, 0) is 6.08 Å². The summed E-state index contributed by atoms with van der Waals surface area (Å²) < 4.78 is 0. The van der Waals surface area contributed by atoms with Crippen LogP contribution in [0.5, 0.6) is 0 Å². The van der Waals surface area contributed by atoms with Gasteiger partial charge in [-0.1, -0.05) is 6.58 Å². The summed E-state index contributed by atoms with van der Waals surface area (Å²) in [5.41, 5.74) is 6.26. The van der Waals surface area contributed by atoms with Gasteiger partial charge in [0.25, 0.3) is 0 Å². The molecular weight excluding hydrogens is 66.0 g/mol. The Labute approximate surface area is 30.9 Å². The SMILES string of the molecule is C=CC([NH])O. The lowest BCUT2D eigenvalue weighted by molar-refractivity contribution is 0.224. The zero-order valence-corrected chi connectivity index (χ0v) is 2.81. The van der Waals surface area contributed by atoms with Crippen LogP contribution in [-0.2, 0) is 0 Å². The van der Waals surface area contributed by atoms with Crippen LogP contribution in [0.2, 0.25) is 0 Å². The average Bonchev–Trinajstić information content (AvgIpc) is 1.38. The minimum Gasteiger partial charge on any atom is -0.374 e. The van der Waals surface area contributed by atoms with Crippen molar-refractivity contribution in [3.8, 4) is 0 Å². The third kappa shape index (κ3) is 3.66. The largest absolute Gasteiger partial charge is 0.374 e. The molecule has 1 unspecified atom stereocenters. The van der Waals surface area contributed by atoms with Gasteiger partial charge in [0.05, 0.1) is 0 Å². The van der Waals surface area contributed by atoms with E-state index in [-0.39, 0.29) is 0 Å². The zero-order valence-electron chi connectivity index (χ0n) is 2.81. The first-order valence-corrected chi connectivity index (χ1v) is 1.29. The van der Waals surface area contributed by atoms with Gasteiger partial charge >= 0.3 is 0 Å². The van der Waals surface area contributed by atoms with Crippen LogP contribution in [0.1, 0.15) is 0 Å². The topological polar surface area (TPSA) is 44.0 Å². The predicted molar refractivity (Wildman–Crippen MR) is 19.3 cm³/mol. The Hall–Kier alpha value is -0.340. The van der Waals surface area contributed by atoms with Crippen molar-refractivity contribution in [2.45, 2.75) is 6.23 Å². The van der Waals surface area contributed by atoms with Crippen molar-refractivity contribution >= 4 is 0 Å². The van der Waals surface area contributed by atoms with Crippen molar-refractivity contribution in [1.82, 2.24) is 5.73 Å². The first-order valence-electron chi connectivity index (χ1n) is 1.29. The first-order chi connectivity index (χ1) is 2.27. The van der Waals surface area contributed by atoms with E-state index in [4.69, 9.17) is 10.8 Å². The molecule has 1 atom stereocenters. The molecule has 0 aromatic carbocycles. The van der Waals surface area contributed by atoms with Gasteiger partial charge in [-0.25, -0.2) is 5.73 Å². The summed E-state index contributed by atoms with van der Waals surface area (Å²) in [6.07, 6.45) is 0.0370. The summed E-state index contributed by atoms with van der Waals surface area (Å²) in [7, 11) is 0. The second-order valence-corrected chi connectivity index (χ2v) is 0.681. The fraction of sp³-hybridized carbons (Fsp3) is 0.333. The van der Waals surface area contributed by atoms with E-state index in [9.17, 15) is 0 Å². The van der Waals surface area contributed by atoms with Gasteiger partial charge in [0.1, 0.15) is 6.23 Å². The lowest BCUT2D eigenvalue weighted by Crippen LogP contribution is -1.98. The Bertz CT molecular complexity index is 33.9. The molecule has 0 saturated carbocycles. The molecule has 0 bridgehead atoms. The third-order valence-corrected chi connectivity index (χ3v) is 0.223. The zero-order chi connectivity index (χ0) is 4.28. The van der Waals surface area contributed by atoms with Gasteiger partial charge in [0, 0.05) is 0 Å². The molecule has 1 radical (unpaired) electrons. The molecule has 0 saturated heterocycles. The Balaban J connectivity index is 2.83. The van der Waals surface area contributed by atoms with Crippen LogP contribution in [-0.4, -0.2) is 11.3 Å². The van der Waals surface area contributed by atoms with Crippen molar-refractivity contribution in [2.75, 3.05) is 0 Å². The number of aliphatic hydroxyl groups excluding tert-OH is 1. The number of rotatable bonds is 1. The molecule has 0 aliphatic rings. The number of aliphatic hydroxyl groups is 1. The van der Waals surface area contributed by atoms with Gasteiger partial charge in [0.2, 0.25) is 0 Å². The van der Waals surface area contributed by atoms with Gasteiger partial charge in [-0.3, -0.25) is 0 Å². The highest BCUT2D eigenvalue weighted by Crippen LogP contribution is 1.65. The predicted octanol–water partition coefficient (Wildman–Crippen LogP) is -0.226. The summed E-state index contributed by atoms with van der Waals surface area (Å²) in [6, 6.07) is 0. The fourth-order valence-electron chi connectivity index (χ4n) is 0. The lowest BCUT2D eigenvalue weighted by Gasteiger charge is -1.83. The van der Waals surface area contributed by atoms with E-state index in [0.717, 1.165) is 6.08 Å². The quantitative estimate of drug-likeness (QED) is 0.427. The molecule has 5 heavy (non-hydrogen) atoms. The highest BCUT2D eigenvalue weighted by molar-refractivity contribution is 4.70. The maximum Gasteiger partial charge on any atom is 0.136 e. The normalized spacial score (nSPS) is 14.0. The first kappa shape index (κ1) is 4.66. The molecule has 0 rings (SSSR count). The molecule has 0 amide bonds. The van der Waals surface area contributed by atoms with Gasteiger partial charge < -0.3 is 5.11 Å². The standard InChI is InChI=1S/C3H6NO/c1-2-3(4)5/h2-5H,1H2. The van der Waals surface area contributed by atoms with E-state index in [1.54, 1.807) is 0 Å². The number of hydrogen-bond acceptors (Lipinski definition) is 1. The summed E-state index contributed by atoms with van der Waals surface area (Å²) in [6.45, 7) is 3.12. The molecule has 29 valence electrons. The lowest BCUT2D eigenvalue weighted by atomic mass is 10.6. The average molecular weight is 72.1 g/mol. The molecule has 0 heterocycles. The monoisotopic (exact) mass is 72.0 g/mol. The van der Waals surface area contributed by atoms with Crippen molar-refractivity contribution in [1.29, 1.82) is 0 Å². The Morgan fingerprint density at radius 2 is 2.20 bits per heavy atom. The summed E-state index contributed by atoms with van der Waals surface area (Å²) >= 11 is 0. The van der Waals surface area contributed by atoms with Crippen molar-refractivity contribution in [3.63, 3.8) is 0 Å². The van der Waals surface area contributed by atoms with Gasteiger partial charge in [0.15, 0.2) is 0 Å². The van der Waals surface area contributed by atoms with E-state index in [2.05, 4.69) is 6.58 Å². The highest BCUT2D eigenvalue weighted by atomic mass is 16.3. The Kier molecular flexibility index (Phi) is 1.80. The van der Waals surface area contributed by atoms with Crippen LogP contribution in [0.4, 0.5) is 0 Å². The third-order valence-electron chi connectivity index (χ3n) is 0.223. The van der Waals surface area contributed by atoms with Crippen molar-refractivity contribution < 1.29 is 5.11 Å². The van der Waals surface area contributed by atoms with Gasteiger partial charge in [-0.2, -0.15) is 0 Å². The molecule has 0 aliphatic heterocycles. The van der Waals surface area contributed by atoms with Crippen LogP contribution in [0.25, 0.3) is 0 Å². The molecule has 0 aromatic rings. The van der Waals surface area contributed by atoms with E-state index < -0.39 is 6.23 Å². The smallest absolute Gasteiger partial charge is 0.136 e. The van der Waals surface area contributed by atoms with Crippen LogP contribution in [0, 0.1) is 0 Å². The van der Waals surface area contributed by atoms with Crippen molar-refractivity contribution in [2.24, 2.45) is 0 Å². The Morgan fingerprint density at radius 3 is 2.20 bits per heavy atom. The molecule has 2 N–H and O–H groups in total. The number of hydrogen-bond donors (Lipinski definition) is 1. The summed E-state index contributed by atoms with van der Waals surface area (Å²) in [4.78, 5) is 0. The van der Waals surface area contributed by atoms with Gasteiger partial charge in [-0.15, -0.1) is 0 Å². The maximum absolute atomic E-state index is 7.91. The van der Waals surface area contributed by atoms with E-state index in [0.29, 0.717) is 0 Å². The summed E-state index contributed by atoms with van der Waals surface area (Å²) in [5.74, 6) is 0. The molecule has 0 fully saturated rings. The molecule has 2 heteroatoms. The minimum atomic E-state index is -1.10. The molecular formula is C3H6NO. The molecule has 2 nitrogen and oxygen atoms in total. The van der Waals surface area contributed by atoms with Crippen LogP contribution in [0.15, 0.2) is 12.7 Å². The van der Waals surface area contributed by atoms with E-state index in [1.807, 2.05) is 0 Å². The molecule has 0 aliphatic carbocycles. The summed E-state index contributed by atoms with van der Waals surface area (Å²) in [5, 5.41) is 7.91. The second kappa shape index (κ2) is 1.93. The second-order valence-electron chi connectivity index (χ2n) is 0.681. The fourth-order valence-corrected chi connectivity index (χ4v) is 0. The Morgan fingerprint density at radius 1 is 2.00 bits per heavy atom. The van der Waals surface area contributed by atoms with Crippen molar-refractivity contribution in [3.05, 3.63) is 12.7 Å². The number of nitrogens with one attached hydrogen (secondary N) is 1.